The van der Waals surface area contributed by atoms with Gasteiger partial charge in [-0.1, -0.05) is 19.3 Å². The molecular weight excluding hydrogens is 283 g/mol. The molecule has 0 unspecified atom stereocenters. The van der Waals surface area contributed by atoms with Crippen LogP contribution in [0.15, 0.2) is 0 Å². The summed E-state index contributed by atoms with van der Waals surface area (Å²) in [5.74, 6) is 0. The van der Waals surface area contributed by atoms with Crippen LogP contribution in [0.25, 0.3) is 0 Å². The minimum atomic E-state index is 0. The van der Waals surface area contributed by atoms with Crippen LogP contribution in [-0.4, -0.2) is 11.2 Å². The van der Waals surface area contributed by atoms with Crippen molar-refractivity contribution in [2.75, 3.05) is 0 Å². The Bertz CT molecular complexity index is 50.5. The molecule has 1 N–H and O–H groups in total. The Hall–Kier alpha value is 0.648. The van der Waals surface area contributed by atoms with Crippen LogP contribution >= 0.6 is 0 Å². The molecule has 1 aliphatic carbocycles. The molecule has 0 bridgehead atoms. The Labute approximate surface area is 64.7 Å². The normalized spacial score (nSPS) is 22.1. The maximum Gasteiger partial charge on any atom is 0.0540 e. The van der Waals surface area contributed by atoms with Gasteiger partial charge in [-0.3, -0.25) is 0 Å². The standard InChI is InChI=1S/C6H12O.Pt/c7-6-4-2-1-3-5-6;/h6-7H,1-5H2;. The van der Waals surface area contributed by atoms with Crippen LogP contribution < -0.4 is 0 Å². The fraction of sp³-hybridized carbons (Fsp3) is 1.00. The van der Waals surface area contributed by atoms with E-state index < -0.39 is 0 Å². The molecule has 0 aliphatic heterocycles. The van der Waals surface area contributed by atoms with E-state index in [1.807, 2.05) is 0 Å². The first-order valence-electron chi connectivity index (χ1n) is 3.07. The van der Waals surface area contributed by atoms with Gasteiger partial charge in [0.25, 0.3) is 0 Å². The summed E-state index contributed by atoms with van der Waals surface area (Å²) in [7, 11) is 0. The first-order valence-corrected chi connectivity index (χ1v) is 3.07. The van der Waals surface area contributed by atoms with Gasteiger partial charge in [-0.25, -0.2) is 0 Å². The molecule has 1 rings (SSSR count). The summed E-state index contributed by atoms with van der Waals surface area (Å²) < 4.78 is 0. The van der Waals surface area contributed by atoms with Gasteiger partial charge in [0, 0.05) is 21.1 Å². The van der Waals surface area contributed by atoms with Crippen LogP contribution in [0.5, 0.6) is 0 Å². The van der Waals surface area contributed by atoms with Gasteiger partial charge in [0.15, 0.2) is 0 Å². The van der Waals surface area contributed by atoms with E-state index in [9.17, 15) is 0 Å². The molecule has 0 atom stereocenters. The molecule has 0 saturated heterocycles. The maximum atomic E-state index is 8.91. The first kappa shape index (κ1) is 8.65. The van der Waals surface area contributed by atoms with Crippen molar-refractivity contribution in [1.82, 2.24) is 0 Å². The molecule has 0 radical (unpaired) electrons. The molecule has 0 aromatic carbocycles. The number of aliphatic hydroxyl groups is 1. The van der Waals surface area contributed by atoms with Crippen molar-refractivity contribution in [3.8, 4) is 0 Å². The summed E-state index contributed by atoms with van der Waals surface area (Å²) in [6.45, 7) is 0. The zero-order valence-corrected chi connectivity index (χ0v) is 7.15. The molecule has 8 heavy (non-hydrogen) atoms. The van der Waals surface area contributed by atoms with E-state index in [2.05, 4.69) is 0 Å². The van der Waals surface area contributed by atoms with Crippen LogP contribution in [0.1, 0.15) is 32.1 Å². The van der Waals surface area contributed by atoms with Crippen LogP contribution in [0.3, 0.4) is 0 Å². The van der Waals surface area contributed by atoms with Crippen LogP contribution in [0.2, 0.25) is 0 Å². The van der Waals surface area contributed by atoms with Crippen molar-refractivity contribution in [1.29, 1.82) is 0 Å². The number of aliphatic hydroxyl groups excluding tert-OH is 1. The van der Waals surface area contributed by atoms with Gasteiger partial charge in [-0.05, 0) is 12.8 Å². The molecule has 2 heteroatoms. The molecule has 1 nitrogen and oxygen atoms in total. The van der Waals surface area contributed by atoms with E-state index in [-0.39, 0.29) is 27.2 Å². The second-order valence-corrected chi connectivity index (χ2v) is 2.29. The van der Waals surface area contributed by atoms with E-state index >= 15 is 0 Å². The maximum absolute atomic E-state index is 8.91. The van der Waals surface area contributed by atoms with E-state index in [0.29, 0.717) is 0 Å². The van der Waals surface area contributed by atoms with Gasteiger partial charge in [0.1, 0.15) is 0 Å². The van der Waals surface area contributed by atoms with E-state index in [4.69, 9.17) is 5.11 Å². The largest absolute Gasteiger partial charge is 0.393 e. The van der Waals surface area contributed by atoms with Crippen molar-refractivity contribution in [2.24, 2.45) is 0 Å². The average molecular weight is 295 g/mol. The van der Waals surface area contributed by atoms with Crippen molar-refractivity contribution in [3.05, 3.63) is 0 Å². The summed E-state index contributed by atoms with van der Waals surface area (Å²) in [6, 6.07) is 0. The Morgan fingerprint density at radius 1 is 1.00 bits per heavy atom. The Morgan fingerprint density at radius 2 is 1.50 bits per heavy atom. The molecule has 1 aliphatic rings. The molecule has 0 aromatic rings. The number of hydrogen-bond acceptors (Lipinski definition) is 1. The van der Waals surface area contributed by atoms with E-state index in [1.165, 1.54) is 19.3 Å². The molecule has 0 aromatic heterocycles. The fourth-order valence-electron chi connectivity index (χ4n) is 1.08. The molecule has 0 spiro atoms. The minimum Gasteiger partial charge on any atom is -0.393 e. The van der Waals surface area contributed by atoms with Gasteiger partial charge in [0.05, 0.1) is 6.10 Å². The third-order valence-electron chi connectivity index (χ3n) is 1.57. The van der Waals surface area contributed by atoms with Crippen LogP contribution in [0, 0.1) is 0 Å². The Balaban J connectivity index is 0.000000490. The van der Waals surface area contributed by atoms with Crippen LogP contribution in [-0.2, 0) is 21.1 Å². The summed E-state index contributed by atoms with van der Waals surface area (Å²) >= 11 is 0. The van der Waals surface area contributed by atoms with Crippen molar-refractivity contribution in [2.45, 2.75) is 38.2 Å². The minimum absolute atomic E-state index is 0. The van der Waals surface area contributed by atoms with E-state index in [1.54, 1.807) is 0 Å². The molecule has 0 amide bonds. The Morgan fingerprint density at radius 3 is 1.75 bits per heavy atom. The average Bonchev–Trinajstić information content (AvgIpc) is 1.69. The summed E-state index contributed by atoms with van der Waals surface area (Å²) in [4.78, 5) is 0. The van der Waals surface area contributed by atoms with Gasteiger partial charge in [-0.2, -0.15) is 0 Å². The second kappa shape index (κ2) is 4.52. The van der Waals surface area contributed by atoms with Gasteiger partial charge >= 0.3 is 0 Å². The second-order valence-electron chi connectivity index (χ2n) is 2.29. The van der Waals surface area contributed by atoms with Gasteiger partial charge in [-0.15, -0.1) is 0 Å². The number of hydrogen-bond donors (Lipinski definition) is 1. The molecular formula is C6H12OPt. The topological polar surface area (TPSA) is 20.2 Å². The molecule has 0 heterocycles. The molecule has 52 valence electrons. The van der Waals surface area contributed by atoms with E-state index in [0.717, 1.165) is 12.8 Å². The predicted molar refractivity (Wildman–Crippen MR) is 29.1 cm³/mol. The summed E-state index contributed by atoms with van der Waals surface area (Å²) in [6.07, 6.45) is 5.92. The molecule has 1 saturated carbocycles. The first-order chi connectivity index (χ1) is 3.39. The monoisotopic (exact) mass is 295 g/mol. The summed E-state index contributed by atoms with van der Waals surface area (Å²) in [5, 5.41) is 8.91. The SMILES string of the molecule is OC1CCCCC1.[Pt]. The van der Waals surface area contributed by atoms with Crippen molar-refractivity contribution >= 4 is 0 Å². The van der Waals surface area contributed by atoms with Gasteiger partial charge in [0.2, 0.25) is 0 Å². The van der Waals surface area contributed by atoms with Crippen molar-refractivity contribution in [3.63, 3.8) is 0 Å². The zero-order chi connectivity index (χ0) is 5.11. The predicted octanol–water partition coefficient (Wildman–Crippen LogP) is 1.31. The number of rotatable bonds is 0. The third-order valence-corrected chi connectivity index (χ3v) is 1.57. The summed E-state index contributed by atoms with van der Waals surface area (Å²) in [5.41, 5.74) is 0. The van der Waals surface area contributed by atoms with Crippen LogP contribution in [0.4, 0.5) is 0 Å². The molecule has 1 fully saturated rings. The quantitative estimate of drug-likeness (QED) is 0.714. The fourth-order valence-corrected chi connectivity index (χ4v) is 1.08. The van der Waals surface area contributed by atoms with Crippen molar-refractivity contribution < 1.29 is 26.2 Å². The third kappa shape index (κ3) is 2.84. The smallest absolute Gasteiger partial charge is 0.0540 e. The zero-order valence-electron chi connectivity index (χ0n) is 4.88. The Kier molecular flexibility index (Phi) is 4.89. The van der Waals surface area contributed by atoms with Gasteiger partial charge < -0.3 is 5.11 Å².